The molecule has 2 aromatic rings. The van der Waals surface area contributed by atoms with E-state index >= 15 is 0 Å². The number of esters is 1. The Hall–Kier alpha value is -2.39. The summed E-state index contributed by atoms with van der Waals surface area (Å²) < 4.78 is 12.4. The molecule has 1 fully saturated rings. The average molecular weight is 420 g/mol. The van der Waals surface area contributed by atoms with Gasteiger partial charge in [0.1, 0.15) is 0 Å². The van der Waals surface area contributed by atoms with Crippen molar-refractivity contribution < 1.29 is 19.1 Å². The number of nitrogens with zero attached hydrogens (tertiary/aromatic N) is 2. The summed E-state index contributed by atoms with van der Waals surface area (Å²) in [4.78, 5) is 42.8. The minimum absolute atomic E-state index is 0.0392. The molecular formula is C20H25N3O5S. The molecule has 1 N–H and O–H groups in total. The summed E-state index contributed by atoms with van der Waals surface area (Å²) in [5.74, 6) is -0.383. The van der Waals surface area contributed by atoms with Crippen LogP contribution in [0.1, 0.15) is 40.3 Å². The Morgan fingerprint density at radius 1 is 1.38 bits per heavy atom. The summed E-state index contributed by atoms with van der Waals surface area (Å²) in [5.41, 5.74) is 2.55. The molecule has 0 unspecified atom stereocenters. The van der Waals surface area contributed by atoms with Crippen molar-refractivity contribution >= 4 is 23.5 Å². The van der Waals surface area contributed by atoms with Crippen LogP contribution in [0.5, 0.6) is 0 Å². The normalized spacial score (nSPS) is 16.2. The number of rotatable bonds is 8. The molecule has 1 aliphatic heterocycles. The molecule has 29 heavy (non-hydrogen) atoms. The monoisotopic (exact) mass is 419 g/mol. The van der Waals surface area contributed by atoms with Gasteiger partial charge in [-0.2, -0.15) is 0 Å². The maximum Gasteiger partial charge on any atom is 0.311 e. The van der Waals surface area contributed by atoms with Crippen molar-refractivity contribution in [3.05, 3.63) is 45.1 Å². The number of nitrogens with one attached hydrogen (secondary N) is 1. The summed E-state index contributed by atoms with van der Waals surface area (Å²) in [6.45, 7) is 5.48. The molecule has 0 aromatic carbocycles. The fourth-order valence-corrected chi connectivity index (χ4v) is 4.21. The predicted molar refractivity (Wildman–Crippen MR) is 109 cm³/mol. The third kappa shape index (κ3) is 5.36. The summed E-state index contributed by atoms with van der Waals surface area (Å²) in [5, 5.41) is 0.304. The number of H-pyrrole nitrogens is 1. The highest BCUT2D eigenvalue weighted by Crippen LogP contribution is 2.22. The number of carbonyl (C=O) groups is 2. The lowest BCUT2D eigenvalue weighted by Gasteiger charge is -2.14. The number of aromatic amines is 1. The minimum atomic E-state index is -0.478. The number of ketones is 1. The first-order valence-corrected chi connectivity index (χ1v) is 10.5. The molecule has 3 rings (SSSR count). The van der Waals surface area contributed by atoms with Gasteiger partial charge in [-0.3, -0.25) is 14.4 Å². The second-order valence-corrected chi connectivity index (χ2v) is 8.00. The van der Waals surface area contributed by atoms with Gasteiger partial charge in [0.15, 0.2) is 10.9 Å². The van der Waals surface area contributed by atoms with Gasteiger partial charge in [0, 0.05) is 36.2 Å². The zero-order valence-corrected chi connectivity index (χ0v) is 17.6. The maximum absolute atomic E-state index is 12.8. The Bertz CT molecular complexity index is 960. The highest BCUT2D eigenvalue weighted by atomic mass is 32.2. The van der Waals surface area contributed by atoms with E-state index in [1.54, 1.807) is 0 Å². The van der Waals surface area contributed by atoms with Gasteiger partial charge < -0.3 is 19.0 Å². The predicted octanol–water partition coefficient (Wildman–Crippen LogP) is 2.06. The standard InChI is InChI=1S/C20H25N3O5S/c1-12-7-16(13(2)23(12)10-15-5-4-6-28-15)17(24)11-29-20-21-14(8-18(25)22-20)9-19(26)27-3/h7-8,15H,4-6,9-11H2,1-3H3,(H,21,22,25)/t15-/m0/s1. The van der Waals surface area contributed by atoms with E-state index in [0.29, 0.717) is 16.4 Å². The van der Waals surface area contributed by atoms with Crippen molar-refractivity contribution in [3.63, 3.8) is 0 Å². The quantitative estimate of drug-likeness (QED) is 0.302. The number of carbonyl (C=O) groups excluding carboxylic acids is 2. The Labute approximate surface area is 173 Å². The van der Waals surface area contributed by atoms with Gasteiger partial charge in [-0.25, -0.2) is 4.98 Å². The number of thioether (sulfide) groups is 1. The van der Waals surface area contributed by atoms with E-state index < -0.39 is 5.97 Å². The largest absolute Gasteiger partial charge is 0.469 e. The molecule has 0 aliphatic carbocycles. The number of methoxy groups -OCH3 is 1. The third-order valence-electron chi connectivity index (χ3n) is 4.95. The summed E-state index contributed by atoms with van der Waals surface area (Å²) >= 11 is 1.14. The molecule has 8 nitrogen and oxygen atoms in total. The molecule has 0 saturated carbocycles. The van der Waals surface area contributed by atoms with E-state index in [4.69, 9.17) is 4.74 Å². The molecule has 1 atom stereocenters. The topological polar surface area (TPSA) is 103 Å². The van der Waals surface area contributed by atoms with Gasteiger partial charge in [-0.15, -0.1) is 0 Å². The Morgan fingerprint density at radius 3 is 2.86 bits per heavy atom. The first-order valence-electron chi connectivity index (χ1n) is 9.48. The van der Waals surface area contributed by atoms with E-state index in [-0.39, 0.29) is 29.6 Å². The molecule has 0 bridgehead atoms. The van der Waals surface area contributed by atoms with E-state index in [9.17, 15) is 14.4 Å². The molecule has 1 aliphatic rings. The van der Waals surface area contributed by atoms with Gasteiger partial charge in [-0.1, -0.05) is 11.8 Å². The van der Waals surface area contributed by atoms with Gasteiger partial charge in [0.2, 0.25) is 0 Å². The lowest BCUT2D eigenvalue weighted by Crippen LogP contribution is -2.17. The van der Waals surface area contributed by atoms with Crippen molar-refractivity contribution in [2.24, 2.45) is 0 Å². The maximum atomic E-state index is 12.8. The lowest BCUT2D eigenvalue weighted by molar-refractivity contribution is -0.139. The van der Waals surface area contributed by atoms with Crippen LogP contribution in [0.3, 0.4) is 0 Å². The first-order chi connectivity index (χ1) is 13.9. The fourth-order valence-electron chi connectivity index (χ4n) is 3.43. The SMILES string of the molecule is COC(=O)Cc1cc(=O)[nH]c(SCC(=O)c2cc(C)n(C[C@@H]3CCCO3)c2C)n1. The summed E-state index contributed by atoms with van der Waals surface area (Å²) in [6, 6.07) is 3.15. The third-order valence-corrected chi connectivity index (χ3v) is 5.82. The first kappa shape index (κ1) is 21.3. The zero-order valence-electron chi connectivity index (χ0n) is 16.8. The number of aromatic nitrogens is 3. The molecule has 0 radical (unpaired) electrons. The van der Waals surface area contributed by atoms with Crippen LogP contribution in [0.2, 0.25) is 0 Å². The van der Waals surface area contributed by atoms with Crippen LogP contribution in [0.15, 0.2) is 22.1 Å². The van der Waals surface area contributed by atoms with E-state index in [0.717, 1.165) is 49.1 Å². The van der Waals surface area contributed by atoms with E-state index in [2.05, 4.69) is 19.3 Å². The molecule has 1 saturated heterocycles. The van der Waals surface area contributed by atoms with Gasteiger partial charge in [0.25, 0.3) is 5.56 Å². The molecule has 3 heterocycles. The molecule has 0 spiro atoms. The molecule has 9 heteroatoms. The molecule has 0 amide bonds. The van der Waals surface area contributed by atoms with Crippen LogP contribution in [0, 0.1) is 13.8 Å². The number of ether oxygens (including phenoxy) is 2. The number of hydrogen-bond donors (Lipinski definition) is 1. The highest BCUT2D eigenvalue weighted by molar-refractivity contribution is 7.99. The van der Waals surface area contributed by atoms with Crippen molar-refractivity contribution in [2.45, 2.75) is 50.9 Å². The smallest absolute Gasteiger partial charge is 0.311 e. The Kier molecular flexibility index (Phi) is 6.92. The van der Waals surface area contributed by atoms with Crippen LogP contribution in [-0.2, 0) is 27.2 Å². The Balaban J connectivity index is 1.68. The number of aryl methyl sites for hydroxylation is 1. The average Bonchev–Trinajstić information content (AvgIpc) is 3.29. The van der Waals surface area contributed by atoms with Gasteiger partial charge in [-0.05, 0) is 32.8 Å². The second kappa shape index (κ2) is 9.41. The van der Waals surface area contributed by atoms with E-state index in [1.165, 1.54) is 13.2 Å². The highest BCUT2D eigenvalue weighted by Gasteiger charge is 2.21. The zero-order chi connectivity index (χ0) is 21.0. The van der Waals surface area contributed by atoms with Gasteiger partial charge >= 0.3 is 5.97 Å². The molecule has 156 valence electrons. The van der Waals surface area contributed by atoms with Crippen molar-refractivity contribution in [3.8, 4) is 0 Å². The van der Waals surface area contributed by atoms with Crippen molar-refractivity contribution in [1.82, 2.24) is 14.5 Å². The van der Waals surface area contributed by atoms with Crippen LogP contribution in [0.4, 0.5) is 0 Å². The summed E-state index contributed by atoms with van der Waals surface area (Å²) in [7, 11) is 1.28. The minimum Gasteiger partial charge on any atom is -0.469 e. The number of hydrogen-bond acceptors (Lipinski definition) is 7. The molecular weight excluding hydrogens is 394 g/mol. The van der Waals surface area contributed by atoms with Gasteiger partial charge in [0.05, 0.1) is 31.1 Å². The van der Waals surface area contributed by atoms with Crippen molar-refractivity contribution in [2.75, 3.05) is 19.5 Å². The van der Waals surface area contributed by atoms with Crippen molar-refractivity contribution in [1.29, 1.82) is 0 Å². The lowest BCUT2D eigenvalue weighted by atomic mass is 10.2. The molecule has 2 aromatic heterocycles. The second-order valence-electron chi connectivity index (χ2n) is 7.04. The van der Waals surface area contributed by atoms with E-state index in [1.807, 2.05) is 19.9 Å². The van der Waals surface area contributed by atoms with Crippen LogP contribution in [0.25, 0.3) is 0 Å². The van der Waals surface area contributed by atoms with Crippen LogP contribution in [-0.4, -0.2) is 51.9 Å². The Morgan fingerprint density at radius 2 is 2.17 bits per heavy atom. The number of Topliss-reactive ketones (excluding diaryl/α,β-unsaturated/α-hetero) is 1. The summed E-state index contributed by atoms with van der Waals surface area (Å²) in [6.07, 6.45) is 2.22. The fraction of sp³-hybridized carbons (Fsp3) is 0.500. The van der Waals surface area contributed by atoms with Crippen LogP contribution >= 0.6 is 11.8 Å². The van der Waals surface area contributed by atoms with Crippen LogP contribution < -0.4 is 5.56 Å².